The van der Waals surface area contributed by atoms with Crippen LogP contribution >= 0.6 is 0 Å². The minimum atomic E-state index is -0.480. The first kappa shape index (κ1) is 25.7. The average Bonchev–Trinajstić information content (AvgIpc) is 3.36. The molecule has 1 saturated heterocycles. The van der Waals surface area contributed by atoms with Gasteiger partial charge in [-0.25, -0.2) is 19.9 Å². The molecule has 5 heterocycles. The van der Waals surface area contributed by atoms with Crippen molar-refractivity contribution in [2.75, 3.05) is 24.1 Å². The van der Waals surface area contributed by atoms with Crippen LogP contribution in [0.5, 0.6) is 0 Å². The van der Waals surface area contributed by atoms with Gasteiger partial charge < -0.3 is 16.0 Å². The fraction of sp³-hybridized carbons (Fsp3) is 0.207. The molecule has 202 valence electrons. The number of nitrogens with two attached hydrogens (primary N) is 1. The molecule has 41 heavy (non-hydrogen) atoms. The Morgan fingerprint density at radius 1 is 1.02 bits per heavy atom. The Morgan fingerprint density at radius 2 is 1.83 bits per heavy atom. The lowest BCUT2D eigenvalue weighted by Gasteiger charge is -2.32. The van der Waals surface area contributed by atoms with Crippen molar-refractivity contribution in [3.8, 4) is 29.2 Å². The maximum Gasteiger partial charge on any atom is 0.267 e. The Kier molecular flexibility index (Phi) is 6.81. The Bertz CT molecular complexity index is 1870. The first-order chi connectivity index (χ1) is 20.0. The van der Waals surface area contributed by atoms with Crippen molar-refractivity contribution >= 4 is 22.8 Å². The van der Waals surface area contributed by atoms with Gasteiger partial charge in [0, 0.05) is 43.8 Å². The summed E-state index contributed by atoms with van der Waals surface area (Å²) in [5.74, 6) is 1.67. The zero-order valence-electron chi connectivity index (χ0n) is 21.9. The van der Waals surface area contributed by atoms with Gasteiger partial charge in [-0.1, -0.05) is 12.1 Å². The van der Waals surface area contributed by atoms with Crippen molar-refractivity contribution in [3.05, 3.63) is 88.2 Å². The summed E-state index contributed by atoms with van der Waals surface area (Å²) in [7, 11) is 0. The van der Waals surface area contributed by atoms with E-state index in [0.29, 0.717) is 34.2 Å². The van der Waals surface area contributed by atoms with Gasteiger partial charge >= 0.3 is 0 Å². The smallest absolute Gasteiger partial charge is 0.267 e. The Morgan fingerprint density at radius 3 is 2.56 bits per heavy atom. The van der Waals surface area contributed by atoms with E-state index < -0.39 is 5.56 Å². The standard InChI is InChI=1S/C29H25N11O/c30-15-19-14-23-28(38-29(19)41)40(27(36-23)22-2-1-10-34-26(22)32)21-5-3-18(4-6-21)17-39-12-8-20(9-13-39)35-24-7-11-33-25(16-31)37-24/h1-7,10-11,14,20H,8-9,12-13,17H2,(H2,32,34)(H,38,41)(H,33,35,37). The van der Waals surface area contributed by atoms with E-state index >= 15 is 0 Å². The highest BCUT2D eigenvalue weighted by atomic mass is 16.1. The van der Waals surface area contributed by atoms with Crippen molar-refractivity contribution in [2.45, 2.75) is 25.4 Å². The zero-order chi connectivity index (χ0) is 28.3. The Hall–Kier alpha value is -5.59. The molecule has 0 unspecified atom stereocenters. The van der Waals surface area contributed by atoms with Crippen LogP contribution in [-0.4, -0.2) is 53.5 Å². The van der Waals surface area contributed by atoms with Crippen LogP contribution in [0, 0.1) is 22.7 Å². The minimum absolute atomic E-state index is 0.00821. The van der Waals surface area contributed by atoms with Crippen LogP contribution in [0.1, 0.15) is 29.8 Å². The first-order valence-corrected chi connectivity index (χ1v) is 13.1. The van der Waals surface area contributed by atoms with Gasteiger partial charge in [-0.15, -0.1) is 0 Å². The Balaban J connectivity index is 1.21. The van der Waals surface area contributed by atoms with Gasteiger partial charge in [0.25, 0.3) is 5.56 Å². The second-order valence-electron chi connectivity index (χ2n) is 9.80. The molecule has 0 aliphatic carbocycles. The number of nitriles is 2. The number of anilines is 2. The predicted octanol–water partition coefficient (Wildman–Crippen LogP) is 2.97. The van der Waals surface area contributed by atoms with Crippen LogP contribution in [0.2, 0.25) is 0 Å². The van der Waals surface area contributed by atoms with Crippen molar-refractivity contribution in [1.29, 1.82) is 10.5 Å². The highest BCUT2D eigenvalue weighted by Gasteiger charge is 2.21. The molecule has 5 aromatic rings. The number of piperidine rings is 1. The van der Waals surface area contributed by atoms with Crippen LogP contribution in [-0.2, 0) is 6.54 Å². The third-order valence-corrected chi connectivity index (χ3v) is 7.16. The molecule has 0 spiro atoms. The molecule has 1 fully saturated rings. The number of benzene rings is 1. The van der Waals surface area contributed by atoms with E-state index in [2.05, 4.69) is 42.3 Å². The lowest BCUT2D eigenvalue weighted by Crippen LogP contribution is -2.38. The maximum atomic E-state index is 12.5. The number of pyridine rings is 2. The lowest BCUT2D eigenvalue weighted by atomic mass is 10.0. The summed E-state index contributed by atoms with van der Waals surface area (Å²) in [5, 5.41) is 21.8. The summed E-state index contributed by atoms with van der Waals surface area (Å²) in [6.45, 7) is 2.65. The molecule has 6 rings (SSSR count). The molecule has 0 atom stereocenters. The van der Waals surface area contributed by atoms with Crippen molar-refractivity contribution < 1.29 is 0 Å². The molecule has 12 nitrogen and oxygen atoms in total. The number of fused-ring (bicyclic) bond motifs is 1. The third-order valence-electron chi connectivity index (χ3n) is 7.16. The molecular weight excluding hydrogens is 518 g/mol. The number of hydrogen-bond acceptors (Lipinski definition) is 10. The van der Waals surface area contributed by atoms with Gasteiger partial charge in [0.15, 0.2) is 5.82 Å². The molecule has 4 N–H and O–H groups in total. The lowest BCUT2D eigenvalue weighted by molar-refractivity contribution is 0.211. The predicted molar refractivity (Wildman–Crippen MR) is 153 cm³/mol. The number of nitrogens with zero attached hydrogens (tertiary/aromatic N) is 8. The topological polar surface area (TPSA) is 178 Å². The van der Waals surface area contributed by atoms with Crippen LogP contribution < -0.4 is 16.6 Å². The normalized spacial score (nSPS) is 14.0. The largest absolute Gasteiger partial charge is 0.383 e. The van der Waals surface area contributed by atoms with Crippen LogP contribution in [0.4, 0.5) is 11.6 Å². The van der Waals surface area contributed by atoms with E-state index in [1.54, 1.807) is 24.5 Å². The summed E-state index contributed by atoms with van der Waals surface area (Å²) < 4.78 is 1.83. The number of nitrogens with one attached hydrogen (secondary N) is 2. The number of aromatic nitrogens is 6. The monoisotopic (exact) mass is 543 g/mol. The highest BCUT2D eigenvalue weighted by Crippen LogP contribution is 2.30. The fourth-order valence-electron chi connectivity index (χ4n) is 5.10. The van der Waals surface area contributed by atoms with Gasteiger partial charge in [-0.2, -0.15) is 10.5 Å². The minimum Gasteiger partial charge on any atom is -0.383 e. The molecule has 0 saturated carbocycles. The van der Waals surface area contributed by atoms with Gasteiger partial charge in [-0.05, 0) is 54.8 Å². The van der Waals surface area contributed by atoms with E-state index in [1.807, 2.05) is 34.9 Å². The number of hydrogen-bond donors (Lipinski definition) is 3. The third kappa shape index (κ3) is 5.20. The second-order valence-corrected chi connectivity index (χ2v) is 9.80. The van der Waals surface area contributed by atoms with Gasteiger partial charge in [0.05, 0.1) is 5.56 Å². The number of likely N-dealkylation sites (tertiary alicyclic amines) is 1. The summed E-state index contributed by atoms with van der Waals surface area (Å²) in [6, 6.07) is 19.1. The summed E-state index contributed by atoms with van der Waals surface area (Å²) in [5.41, 5.74) is 9.21. The molecule has 12 heteroatoms. The molecule has 1 aliphatic rings. The molecular formula is C29H25N11O. The fourth-order valence-corrected chi connectivity index (χ4v) is 5.10. The highest BCUT2D eigenvalue weighted by molar-refractivity contribution is 5.83. The number of nitrogen functional groups attached to an aromatic ring is 1. The molecule has 4 aromatic heterocycles. The van der Waals surface area contributed by atoms with Gasteiger partial charge in [-0.3, -0.25) is 14.3 Å². The quantitative estimate of drug-likeness (QED) is 0.288. The van der Waals surface area contributed by atoms with Crippen molar-refractivity contribution in [2.24, 2.45) is 0 Å². The number of aromatic amines is 1. The van der Waals surface area contributed by atoms with Gasteiger partial charge in [0.1, 0.15) is 40.5 Å². The van der Waals surface area contributed by atoms with Crippen LogP contribution in [0.15, 0.2) is 65.7 Å². The first-order valence-electron chi connectivity index (χ1n) is 13.1. The number of rotatable bonds is 6. The Labute approximate surface area is 234 Å². The second kappa shape index (κ2) is 10.9. The maximum absolute atomic E-state index is 12.5. The van der Waals surface area contributed by atoms with Crippen LogP contribution in [0.3, 0.4) is 0 Å². The molecule has 0 radical (unpaired) electrons. The summed E-state index contributed by atoms with van der Waals surface area (Å²) in [4.78, 5) is 34.8. The van der Waals surface area contributed by atoms with E-state index in [0.717, 1.165) is 43.7 Å². The summed E-state index contributed by atoms with van der Waals surface area (Å²) in [6.07, 6.45) is 5.11. The molecule has 1 aromatic carbocycles. The van der Waals surface area contributed by atoms with Crippen molar-refractivity contribution in [1.82, 2.24) is 34.4 Å². The van der Waals surface area contributed by atoms with Crippen LogP contribution in [0.25, 0.3) is 28.2 Å². The van der Waals surface area contributed by atoms with E-state index in [9.17, 15) is 10.1 Å². The average molecular weight is 544 g/mol. The SMILES string of the molecule is N#Cc1nccc(NC2CCN(Cc3ccc(-n4c(-c5cccnc5N)nc5cc(C#N)c(=O)[nH]c54)cc3)CC2)n1. The number of imidazole rings is 1. The van der Waals surface area contributed by atoms with E-state index in [4.69, 9.17) is 16.0 Å². The van der Waals surface area contributed by atoms with Crippen molar-refractivity contribution in [3.63, 3.8) is 0 Å². The zero-order valence-corrected chi connectivity index (χ0v) is 21.9. The molecule has 1 aliphatic heterocycles. The van der Waals surface area contributed by atoms with Gasteiger partial charge in [0.2, 0.25) is 5.82 Å². The van der Waals surface area contributed by atoms with E-state index in [1.165, 1.54) is 6.07 Å². The van der Waals surface area contributed by atoms with E-state index in [-0.39, 0.29) is 17.4 Å². The molecule has 0 amide bonds. The number of H-pyrrole nitrogens is 1. The molecule has 0 bridgehead atoms. The summed E-state index contributed by atoms with van der Waals surface area (Å²) >= 11 is 0.